The van der Waals surface area contributed by atoms with Gasteiger partial charge in [0.2, 0.25) is 5.91 Å². The highest BCUT2D eigenvalue weighted by atomic mass is 35.5. The molecular weight excluding hydrogens is 295 g/mol. The lowest BCUT2D eigenvalue weighted by Gasteiger charge is -2.11. The van der Waals surface area contributed by atoms with Crippen LogP contribution in [0.15, 0.2) is 60.7 Å². The van der Waals surface area contributed by atoms with Crippen molar-refractivity contribution < 1.29 is 4.79 Å². The molecule has 1 unspecified atom stereocenters. The first-order valence-corrected chi connectivity index (χ1v) is 6.26. The summed E-state index contributed by atoms with van der Waals surface area (Å²) in [5.74, 6) is -0.353. The predicted octanol–water partition coefficient (Wildman–Crippen LogP) is 3.53. The van der Waals surface area contributed by atoms with Crippen LogP contribution in [0.2, 0.25) is 0 Å². The predicted molar refractivity (Wildman–Crippen MR) is 83.7 cm³/mol. The molecule has 0 heterocycles. The van der Waals surface area contributed by atoms with Crippen LogP contribution in [0.25, 0.3) is 0 Å². The van der Waals surface area contributed by atoms with Crippen LogP contribution in [0, 0.1) is 5.41 Å². The van der Waals surface area contributed by atoms with Gasteiger partial charge in [-0.25, -0.2) is 0 Å². The average Bonchev–Trinajstić information content (AvgIpc) is 2.48. The Kier molecular flexibility index (Phi) is 6.22. The van der Waals surface area contributed by atoms with Crippen molar-refractivity contribution in [3.63, 3.8) is 0 Å². The zero-order valence-electron chi connectivity index (χ0n) is 10.5. The molecule has 0 saturated heterocycles. The van der Waals surface area contributed by atoms with Crippen molar-refractivity contribution in [3.05, 3.63) is 71.8 Å². The summed E-state index contributed by atoms with van der Waals surface area (Å²) in [6.07, 6.45) is 0. The highest BCUT2D eigenvalue weighted by Gasteiger charge is 2.18. The topological polar surface area (TPSA) is 53.0 Å². The first-order chi connectivity index (χ1) is 9.18. The van der Waals surface area contributed by atoms with Crippen LogP contribution in [0.5, 0.6) is 0 Å². The normalized spacial score (nSPS) is 11.1. The average molecular weight is 309 g/mol. The van der Waals surface area contributed by atoms with Crippen LogP contribution in [0.4, 0.5) is 0 Å². The molecular formula is C15H14Cl2N2O. The van der Waals surface area contributed by atoms with Gasteiger partial charge in [0, 0.05) is 5.56 Å². The number of carbonyl (C=O) groups is 1. The van der Waals surface area contributed by atoms with Crippen LogP contribution >= 0.6 is 24.0 Å². The van der Waals surface area contributed by atoms with E-state index in [0.717, 1.165) is 0 Å². The molecule has 0 aliphatic carbocycles. The van der Waals surface area contributed by atoms with Gasteiger partial charge in [-0.1, -0.05) is 60.7 Å². The second-order valence-corrected chi connectivity index (χ2v) is 4.44. The van der Waals surface area contributed by atoms with E-state index in [-0.39, 0.29) is 18.2 Å². The Morgan fingerprint density at radius 1 is 1.00 bits per heavy atom. The molecule has 2 aromatic carbocycles. The van der Waals surface area contributed by atoms with Gasteiger partial charge >= 0.3 is 0 Å². The third-order valence-electron chi connectivity index (χ3n) is 2.63. The van der Waals surface area contributed by atoms with Crippen LogP contribution in [-0.2, 0) is 4.79 Å². The third kappa shape index (κ3) is 4.08. The van der Waals surface area contributed by atoms with E-state index in [0.29, 0.717) is 11.1 Å². The number of nitrogens with one attached hydrogen (secondary N) is 2. The number of carbonyl (C=O) groups excluding carboxylic acids is 1. The second-order valence-electron chi connectivity index (χ2n) is 4.00. The summed E-state index contributed by atoms with van der Waals surface area (Å²) in [7, 11) is 0. The SMILES string of the molecule is Cl.N=C(NC(=O)C(Cl)c1ccccc1)c1ccccc1. The van der Waals surface area contributed by atoms with Gasteiger partial charge in [-0.05, 0) is 5.56 Å². The van der Waals surface area contributed by atoms with E-state index in [9.17, 15) is 4.79 Å². The van der Waals surface area contributed by atoms with Gasteiger partial charge in [-0.3, -0.25) is 10.2 Å². The van der Waals surface area contributed by atoms with Gasteiger partial charge in [-0.2, -0.15) is 0 Å². The molecule has 0 aromatic heterocycles. The van der Waals surface area contributed by atoms with Gasteiger partial charge in [0.15, 0.2) is 0 Å². The Balaban J connectivity index is 0.00000200. The van der Waals surface area contributed by atoms with Crippen molar-refractivity contribution in [2.24, 2.45) is 0 Å². The quantitative estimate of drug-likeness (QED) is 0.509. The number of hydrogen-bond acceptors (Lipinski definition) is 2. The van der Waals surface area contributed by atoms with Gasteiger partial charge < -0.3 is 5.32 Å². The van der Waals surface area contributed by atoms with Crippen LogP contribution in [0.1, 0.15) is 16.5 Å². The van der Waals surface area contributed by atoms with Crippen LogP contribution in [-0.4, -0.2) is 11.7 Å². The fraction of sp³-hybridized carbons (Fsp3) is 0.0667. The van der Waals surface area contributed by atoms with Crippen molar-refractivity contribution in [2.45, 2.75) is 5.38 Å². The maximum atomic E-state index is 11.9. The van der Waals surface area contributed by atoms with E-state index in [1.165, 1.54) is 0 Å². The molecule has 2 aromatic rings. The number of amides is 1. The van der Waals surface area contributed by atoms with E-state index < -0.39 is 11.3 Å². The number of halogens is 2. The van der Waals surface area contributed by atoms with Gasteiger partial charge in [-0.15, -0.1) is 24.0 Å². The molecule has 0 aliphatic rings. The first kappa shape index (κ1) is 16.2. The minimum atomic E-state index is -0.801. The fourth-order valence-electron chi connectivity index (χ4n) is 1.64. The zero-order chi connectivity index (χ0) is 13.7. The molecule has 0 spiro atoms. The summed E-state index contributed by atoms with van der Waals surface area (Å²) < 4.78 is 0. The molecule has 0 saturated carbocycles. The molecule has 3 nitrogen and oxygen atoms in total. The van der Waals surface area contributed by atoms with Crippen molar-refractivity contribution in [1.29, 1.82) is 5.41 Å². The minimum Gasteiger partial charge on any atom is -0.309 e. The molecule has 1 atom stereocenters. The number of alkyl halides is 1. The standard InChI is InChI=1S/C15H13ClN2O.ClH/c16-13(11-7-3-1-4-8-11)15(19)18-14(17)12-9-5-2-6-10-12;/h1-10,13H,(H2,17,18,19);1H. The van der Waals surface area contributed by atoms with Gasteiger partial charge in [0.05, 0.1) is 0 Å². The summed E-state index contributed by atoms with van der Waals surface area (Å²) in [6, 6.07) is 18.1. The highest BCUT2D eigenvalue weighted by Crippen LogP contribution is 2.19. The van der Waals surface area contributed by atoms with E-state index in [1.807, 2.05) is 36.4 Å². The third-order valence-corrected chi connectivity index (χ3v) is 3.08. The lowest BCUT2D eigenvalue weighted by atomic mass is 10.1. The molecule has 104 valence electrons. The summed E-state index contributed by atoms with van der Waals surface area (Å²) in [4.78, 5) is 11.9. The molecule has 0 aliphatic heterocycles. The first-order valence-electron chi connectivity index (χ1n) is 5.82. The molecule has 0 fully saturated rings. The van der Waals surface area contributed by atoms with Crippen LogP contribution in [0.3, 0.4) is 0 Å². The van der Waals surface area contributed by atoms with Crippen molar-refractivity contribution in [2.75, 3.05) is 0 Å². The maximum absolute atomic E-state index is 11.9. The van der Waals surface area contributed by atoms with Crippen molar-refractivity contribution in [1.82, 2.24) is 5.32 Å². The van der Waals surface area contributed by atoms with Gasteiger partial charge in [0.25, 0.3) is 0 Å². The Labute approximate surface area is 128 Å². The summed E-state index contributed by atoms with van der Waals surface area (Å²) in [5, 5.41) is 9.53. The number of rotatable bonds is 3. The Hall–Kier alpha value is -1.84. The Bertz CT molecular complexity index is 573. The van der Waals surface area contributed by atoms with E-state index in [2.05, 4.69) is 5.32 Å². The molecule has 5 heteroatoms. The number of hydrogen-bond donors (Lipinski definition) is 2. The Morgan fingerprint density at radius 2 is 1.50 bits per heavy atom. The summed E-state index contributed by atoms with van der Waals surface area (Å²) in [6.45, 7) is 0. The summed E-state index contributed by atoms with van der Waals surface area (Å²) >= 11 is 6.08. The molecule has 1 amide bonds. The fourth-order valence-corrected chi connectivity index (χ4v) is 1.84. The summed E-state index contributed by atoms with van der Waals surface area (Å²) in [5.41, 5.74) is 1.36. The van der Waals surface area contributed by atoms with E-state index in [4.69, 9.17) is 17.0 Å². The highest BCUT2D eigenvalue weighted by molar-refractivity contribution is 6.32. The monoisotopic (exact) mass is 308 g/mol. The molecule has 2 rings (SSSR count). The lowest BCUT2D eigenvalue weighted by Crippen LogP contribution is -2.33. The maximum Gasteiger partial charge on any atom is 0.248 e. The zero-order valence-corrected chi connectivity index (χ0v) is 12.1. The molecule has 2 N–H and O–H groups in total. The largest absolute Gasteiger partial charge is 0.309 e. The smallest absolute Gasteiger partial charge is 0.248 e. The Morgan fingerprint density at radius 3 is 2.05 bits per heavy atom. The van der Waals surface area contributed by atoms with Crippen LogP contribution < -0.4 is 5.32 Å². The van der Waals surface area contributed by atoms with Gasteiger partial charge in [0.1, 0.15) is 11.2 Å². The van der Waals surface area contributed by atoms with E-state index in [1.54, 1.807) is 24.3 Å². The second kappa shape index (κ2) is 7.68. The molecule has 20 heavy (non-hydrogen) atoms. The molecule has 0 radical (unpaired) electrons. The lowest BCUT2D eigenvalue weighted by molar-refractivity contribution is -0.119. The minimum absolute atomic E-state index is 0. The number of benzene rings is 2. The number of amidine groups is 1. The molecule has 0 bridgehead atoms. The van der Waals surface area contributed by atoms with Crippen molar-refractivity contribution >= 4 is 35.8 Å². The van der Waals surface area contributed by atoms with Crippen molar-refractivity contribution in [3.8, 4) is 0 Å². The van der Waals surface area contributed by atoms with E-state index >= 15 is 0 Å².